The molecular formula is C16H16S. The van der Waals surface area contributed by atoms with Gasteiger partial charge in [-0.05, 0) is 53.1 Å². The Kier molecular flexibility index (Phi) is 2.44. The number of aryl methyl sites for hydroxylation is 1. The van der Waals surface area contributed by atoms with Gasteiger partial charge in [-0.1, -0.05) is 31.2 Å². The third kappa shape index (κ3) is 1.57. The molecule has 0 spiro atoms. The summed E-state index contributed by atoms with van der Waals surface area (Å²) in [6, 6.07) is 8.73. The summed E-state index contributed by atoms with van der Waals surface area (Å²) >= 11 is 1.88. The fraction of sp³-hybridized carbons (Fsp3) is 0.250. The van der Waals surface area contributed by atoms with Crippen LogP contribution in [0.4, 0.5) is 0 Å². The van der Waals surface area contributed by atoms with E-state index in [4.69, 9.17) is 0 Å². The van der Waals surface area contributed by atoms with E-state index >= 15 is 0 Å². The summed E-state index contributed by atoms with van der Waals surface area (Å²) in [6.45, 7) is 6.74. The van der Waals surface area contributed by atoms with Crippen molar-refractivity contribution < 1.29 is 0 Å². The molecule has 1 aromatic heterocycles. The van der Waals surface area contributed by atoms with E-state index in [1.807, 2.05) is 11.3 Å². The first kappa shape index (κ1) is 10.8. The molecule has 1 unspecified atom stereocenters. The van der Waals surface area contributed by atoms with E-state index in [0.29, 0.717) is 5.92 Å². The molecule has 1 heteroatoms. The van der Waals surface area contributed by atoms with Crippen LogP contribution in [-0.2, 0) is 0 Å². The summed E-state index contributed by atoms with van der Waals surface area (Å²) < 4.78 is 0. The molecule has 0 bridgehead atoms. The van der Waals surface area contributed by atoms with Gasteiger partial charge < -0.3 is 0 Å². The van der Waals surface area contributed by atoms with Crippen molar-refractivity contribution in [1.82, 2.24) is 0 Å². The first-order chi connectivity index (χ1) is 8.18. The molecule has 17 heavy (non-hydrogen) atoms. The second-order valence-corrected chi connectivity index (χ2v) is 5.70. The lowest BCUT2D eigenvalue weighted by Gasteiger charge is -2.10. The Morgan fingerprint density at radius 2 is 1.88 bits per heavy atom. The largest absolute Gasteiger partial charge is 0.144 e. The van der Waals surface area contributed by atoms with Crippen molar-refractivity contribution in [3.8, 4) is 0 Å². The molecule has 1 aliphatic carbocycles. The van der Waals surface area contributed by atoms with Crippen molar-refractivity contribution >= 4 is 23.0 Å². The van der Waals surface area contributed by atoms with Gasteiger partial charge in [-0.15, -0.1) is 11.3 Å². The highest BCUT2D eigenvalue weighted by molar-refractivity contribution is 7.11. The van der Waals surface area contributed by atoms with Crippen molar-refractivity contribution in [1.29, 1.82) is 0 Å². The Balaban J connectivity index is 2.12. The van der Waals surface area contributed by atoms with Gasteiger partial charge in [0.05, 0.1) is 0 Å². The Morgan fingerprint density at radius 1 is 1.12 bits per heavy atom. The number of fused-ring (bicyclic) bond motifs is 1. The van der Waals surface area contributed by atoms with Crippen LogP contribution in [0.1, 0.15) is 40.0 Å². The van der Waals surface area contributed by atoms with Crippen molar-refractivity contribution in [3.05, 3.63) is 56.8 Å². The van der Waals surface area contributed by atoms with Crippen LogP contribution < -0.4 is 0 Å². The molecule has 1 aromatic carbocycles. The van der Waals surface area contributed by atoms with Crippen LogP contribution in [0.3, 0.4) is 0 Å². The highest BCUT2D eigenvalue weighted by atomic mass is 32.1. The van der Waals surface area contributed by atoms with Gasteiger partial charge in [0.2, 0.25) is 0 Å². The monoisotopic (exact) mass is 240 g/mol. The van der Waals surface area contributed by atoms with Crippen LogP contribution >= 0.6 is 11.3 Å². The average Bonchev–Trinajstić information content (AvgIpc) is 2.83. The smallest absolute Gasteiger partial charge is 0.0340 e. The molecule has 0 radical (unpaired) electrons. The zero-order valence-corrected chi connectivity index (χ0v) is 11.3. The number of allylic oxidation sites excluding steroid dienone is 1. The van der Waals surface area contributed by atoms with E-state index in [-0.39, 0.29) is 0 Å². The molecule has 1 aliphatic rings. The summed E-state index contributed by atoms with van der Waals surface area (Å²) in [5.74, 6) is 0.531. The van der Waals surface area contributed by atoms with E-state index in [9.17, 15) is 0 Å². The highest BCUT2D eigenvalue weighted by Gasteiger charge is 2.24. The minimum Gasteiger partial charge on any atom is -0.144 e. The van der Waals surface area contributed by atoms with Gasteiger partial charge in [-0.3, -0.25) is 0 Å². The number of thiophene rings is 1. The highest BCUT2D eigenvalue weighted by Crippen LogP contribution is 2.44. The maximum atomic E-state index is 2.36. The predicted molar refractivity (Wildman–Crippen MR) is 76.5 cm³/mol. The Labute approximate surface area is 107 Å². The van der Waals surface area contributed by atoms with Gasteiger partial charge in [-0.2, -0.15) is 0 Å². The van der Waals surface area contributed by atoms with E-state index in [1.54, 1.807) is 0 Å². The maximum absolute atomic E-state index is 2.36. The molecule has 1 atom stereocenters. The van der Waals surface area contributed by atoms with E-state index < -0.39 is 0 Å². The van der Waals surface area contributed by atoms with Gasteiger partial charge in [0.15, 0.2) is 0 Å². The SMILES string of the molecule is Cc1csc(C2=Cc3ccccc3C2C)c1C. The molecule has 0 saturated heterocycles. The summed E-state index contributed by atoms with van der Waals surface area (Å²) in [4.78, 5) is 1.46. The number of hydrogen-bond donors (Lipinski definition) is 0. The van der Waals surface area contributed by atoms with Crippen LogP contribution in [0.5, 0.6) is 0 Å². The van der Waals surface area contributed by atoms with E-state index in [1.165, 1.54) is 32.7 Å². The molecule has 0 saturated carbocycles. The average molecular weight is 240 g/mol. The Hall–Kier alpha value is -1.34. The standard InChI is InChI=1S/C16H16S/c1-10-9-17-16(11(10)2)15-8-13-6-4-5-7-14(13)12(15)3/h4-9,12H,1-3H3. The Morgan fingerprint density at radius 3 is 2.53 bits per heavy atom. The van der Waals surface area contributed by atoms with Gasteiger partial charge in [-0.25, -0.2) is 0 Å². The van der Waals surface area contributed by atoms with Crippen molar-refractivity contribution in [2.75, 3.05) is 0 Å². The summed E-state index contributed by atoms with van der Waals surface area (Å²) in [7, 11) is 0. The van der Waals surface area contributed by atoms with Gasteiger partial charge in [0, 0.05) is 10.8 Å². The van der Waals surface area contributed by atoms with Crippen LogP contribution in [0.15, 0.2) is 29.6 Å². The third-order valence-corrected chi connectivity index (χ3v) is 5.04. The van der Waals surface area contributed by atoms with Gasteiger partial charge >= 0.3 is 0 Å². The van der Waals surface area contributed by atoms with E-state index in [0.717, 1.165) is 0 Å². The first-order valence-electron chi connectivity index (χ1n) is 6.04. The van der Waals surface area contributed by atoms with Crippen LogP contribution in [0, 0.1) is 13.8 Å². The lowest BCUT2D eigenvalue weighted by Crippen LogP contribution is -1.92. The number of hydrogen-bond acceptors (Lipinski definition) is 1. The second-order valence-electron chi connectivity index (χ2n) is 4.82. The second kappa shape index (κ2) is 3.85. The van der Waals surface area contributed by atoms with Crippen LogP contribution in [-0.4, -0.2) is 0 Å². The number of benzene rings is 1. The lowest BCUT2D eigenvalue weighted by molar-refractivity contribution is 1.01. The zero-order chi connectivity index (χ0) is 12.0. The topological polar surface area (TPSA) is 0 Å². The predicted octanol–water partition coefficient (Wildman–Crippen LogP) is 5.02. The normalized spacial score (nSPS) is 18.1. The minimum atomic E-state index is 0.531. The van der Waals surface area contributed by atoms with Crippen molar-refractivity contribution in [2.24, 2.45) is 0 Å². The summed E-state index contributed by atoms with van der Waals surface area (Å²) in [5, 5.41) is 2.27. The molecule has 3 rings (SSSR count). The minimum absolute atomic E-state index is 0.531. The quantitative estimate of drug-likeness (QED) is 0.656. The molecule has 1 heterocycles. The maximum Gasteiger partial charge on any atom is 0.0340 e. The fourth-order valence-electron chi connectivity index (χ4n) is 2.55. The van der Waals surface area contributed by atoms with Crippen LogP contribution in [0.25, 0.3) is 11.6 Å². The fourth-order valence-corrected chi connectivity index (χ4v) is 3.73. The molecule has 0 aliphatic heterocycles. The van der Waals surface area contributed by atoms with Crippen molar-refractivity contribution in [2.45, 2.75) is 26.7 Å². The summed E-state index contributed by atoms with van der Waals surface area (Å²) in [6.07, 6.45) is 2.36. The zero-order valence-electron chi connectivity index (χ0n) is 10.4. The third-order valence-electron chi connectivity index (χ3n) is 3.79. The van der Waals surface area contributed by atoms with Crippen molar-refractivity contribution in [3.63, 3.8) is 0 Å². The van der Waals surface area contributed by atoms with Gasteiger partial charge in [0.25, 0.3) is 0 Å². The first-order valence-corrected chi connectivity index (χ1v) is 6.92. The molecule has 2 aromatic rings. The molecule has 86 valence electrons. The Bertz CT molecular complexity index is 602. The lowest BCUT2D eigenvalue weighted by atomic mass is 9.95. The van der Waals surface area contributed by atoms with Crippen LogP contribution in [0.2, 0.25) is 0 Å². The molecular weight excluding hydrogens is 224 g/mol. The summed E-state index contributed by atoms with van der Waals surface area (Å²) in [5.41, 5.74) is 7.20. The van der Waals surface area contributed by atoms with E-state index in [2.05, 4.69) is 56.5 Å². The van der Waals surface area contributed by atoms with Gasteiger partial charge in [0.1, 0.15) is 0 Å². The molecule has 0 nitrogen and oxygen atoms in total. The molecule has 0 fully saturated rings. The number of rotatable bonds is 1. The molecule has 0 N–H and O–H groups in total. The molecule has 0 amide bonds.